The third-order valence-electron chi connectivity index (χ3n) is 4.15. The van der Waals surface area contributed by atoms with E-state index in [1.54, 1.807) is 48.7 Å². The van der Waals surface area contributed by atoms with Crippen molar-refractivity contribution in [2.75, 3.05) is 0 Å². The van der Waals surface area contributed by atoms with Gasteiger partial charge in [-0.2, -0.15) is 0 Å². The fourth-order valence-corrected chi connectivity index (χ4v) is 3.18. The second-order valence-corrected chi connectivity index (χ2v) is 7.01. The second kappa shape index (κ2) is 8.49. The van der Waals surface area contributed by atoms with Crippen LogP contribution in [0.2, 0.25) is 10.0 Å². The van der Waals surface area contributed by atoms with E-state index in [1.165, 1.54) is 0 Å². The molecule has 3 aromatic rings. The lowest BCUT2D eigenvalue weighted by Gasteiger charge is -2.17. The molecule has 0 bridgehead atoms. The van der Waals surface area contributed by atoms with Crippen LogP contribution in [0.3, 0.4) is 0 Å². The molecule has 5 heteroatoms. The highest BCUT2D eigenvalue weighted by Crippen LogP contribution is 2.29. The van der Waals surface area contributed by atoms with Gasteiger partial charge in [0.2, 0.25) is 0 Å². The Hall–Kier alpha value is -2.46. The van der Waals surface area contributed by atoms with E-state index in [0.29, 0.717) is 26.9 Å². The number of aromatic nitrogens is 1. The first-order valence-electron chi connectivity index (χ1n) is 8.37. The lowest BCUT2D eigenvalue weighted by Crippen LogP contribution is -2.13. The van der Waals surface area contributed by atoms with Gasteiger partial charge in [-0.15, -0.1) is 0 Å². The molecule has 0 aliphatic carbocycles. The van der Waals surface area contributed by atoms with Crippen molar-refractivity contribution in [1.29, 1.82) is 5.41 Å². The number of nitrogens with one attached hydrogen (secondary N) is 1. The number of aryl methyl sites for hydroxylation is 1. The number of aliphatic hydroxyl groups excluding tert-OH is 1. The van der Waals surface area contributed by atoms with E-state index in [4.69, 9.17) is 28.6 Å². The number of halogens is 2. The maximum Gasteiger partial charge on any atom is 0.123 e. The lowest BCUT2D eigenvalue weighted by atomic mass is 9.93. The number of benzene rings is 2. The Bertz CT molecular complexity index is 983. The van der Waals surface area contributed by atoms with Crippen LogP contribution in [-0.2, 0) is 0 Å². The Morgan fingerprint density at radius 3 is 2.44 bits per heavy atom. The van der Waals surface area contributed by atoms with Crippen LogP contribution < -0.4 is 0 Å². The van der Waals surface area contributed by atoms with Crippen LogP contribution >= 0.6 is 23.2 Å². The van der Waals surface area contributed by atoms with Crippen molar-refractivity contribution >= 4 is 35.0 Å². The van der Waals surface area contributed by atoms with Crippen molar-refractivity contribution in [3.63, 3.8) is 0 Å². The standard InChI is InChI=1S/C22H18Cl2N2O/c1-14-5-7-15(8-6-14)12-18(22(27)20-4-2-3-11-26-20)21(25)17-10-9-16(23)13-19(17)24/h2-13,22,25,27H,1H3. The average Bonchev–Trinajstić information content (AvgIpc) is 2.67. The third-order valence-corrected chi connectivity index (χ3v) is 4.70. The molecule has 3 rings (SSSR count). The van der Waals surface area contributed by atoms with Gasteiger partial charge >= 0.3 is 0 Å². The van der Waals surface area contributed by atoms with Gasteiger partial charge in [-0.25, -0.2) is 0 Å². The van der Waals surface area contributed by atoms with E-state index in [1.807, 2.05) is 31.2 Å². The van der Waals surface area contributed by atoms with Crippen LogP contribution in [0, 0.1) is 12.3 Å². The lowest BCUT2D eigenvalue weighted by molar-refractivity contribution is 0.218. The highest BCUT2D eigenvalue weighted by atomic mass is 35.5. The van der Waals surface area contributed by atoms with E-state index in [-0.39, 0.29) is 5.71 Å². The third kappa shape index (κ3) is 4.64. The summed E-state index contributed by atoms with van der Waals surface area (Å²) in [6, 6.07) is 18.1. The summed E-state index contributed by atoms with van der Waals surface area (Å²) in [7, 11) is 0. The predicted molar refractivity (Wildman–Crippen MR) is 112 cm³/mol. The molecule has 136 valence electrons. The minimum Gasteiger partial charge on any atom is -0.382 e. The zero-order chi connectivity index (χ0) is 19.4. The Balaban J connectivity index is 2.09. The van der Waals surface area contributed by atoms with Crippen LogP contribution in [0.1, 0.15) is 28.5 Å². The molecule has 27 heavy (non-hydrogen) atoms. The number of hydrogen-bond donors (Lipinski definition) is 2. The van der Waals surface area contributed by atoms with Gasteiger partial charge in [0.1, 0.15) is 6.10 Å². The fourth-order valence-electron chi connectivity index (χ4n) is 2.67. The molecule has 1 unspecified atom stereocenters. The molecule has 0 amide bonds. The first-order chi connectivity index (χ1) is 13.0. The van der Waals surface area contributed by atoms with E-state index < -0.39 is 6.10 Å². The molecular weight excluding hydrogens is 379 g/mol. The molecule has 1 heterocycles. The molecule has 2 N–H and O–H groups in total. The second-order valence-electron chi connectivity index (χ2n) is 6.17. The molecule has 0 fully saturated rings. The minimum atomic E-state index is -1.06. The molecular formula is C22H18Cl2N2O. The van der Waals surface area contributed by atoms with Crippen LogP contribution in [0.4, 0.5) is 0 Å². The van der Waals surface area contributed by atoms with Crippen LogP contribution in [0.15, 0.2) is 72.4 Å². The summed E-state index contributed by atoms with van der Waals surface area (Å²) in [6.07, 6.45) is 2.33. The van der Waals surface area contributed by atoms with Gasteiger partial charge < -0.3 is 5.11 Å². The van der Waals surface area contributed by atoms with E-state index >= 15 is 0 Å². The molecule has 0 aliphatic heterocycles. The van der Waals surface area contributed by atoms with Crippen molar-refractivity contribution in [3.8, 4) is 0 Å². The molecule has 2 aromatic carbocycles. The predicted octanol–water partition coefficient (Wildman–Crippen LogP) is 5.88. The largest absolute Gasteiger partial charge is 0.382 e. The number of pyridine rings is 1. The Labute approximate surface area is 168 Å². The minimum absolute atomic E-state index is 0.121. The Morgan fingerprint density at radius 2 is 1.81 bits per heavy atom. The van der Waals surface area contributed by atoms with Gasteiger partial charge in [0, 0.05) is 22.4 Å². The molecule has 3 nitrogen and oxygen atoms in total. The summed E-state index contributed by atoms with van der Waals surface area (Å²) in [4.78, 5) is 4.23. The van der Waals surface area contributed by atoms with Gasteiger partial charge in [0.25, 0.3) is 0 Å². The number of nitrogens with zero attached hydrogens (tertiary/aromatic N) is 1. The van der Waals surface area contributed by atoms with Gasteiger partial charge in [-0.05, 0) is 48.9 Å². The monoisotopic (exact) mass is 396 g/mol. The molecule has 1 aromatic heterocycles. The zero-order valence-electron chi connectivity index (χ0n) is 14.7. The van der Waals surface area contributed by atoms with Crippen molar-refractivity contribution in [1.82, 2.24) is 4.98 Å². The number of hydrogen-bond acceptors (Lipinski definition) is 3. The average molecular weight is 397 g/mol. The topological polar surface area (TPSA) is 57.0 Å². The maximum absolute atomic E-state index is 10.9. The fraction of sp³-hybridized carbons (Fsp3) is 0.0909. The van der Waals surface area contributed by atoms with Crippen molar-refractivity contribution in [2.45, 2.75) is 13.0 Å². The molecule has 1 atom stereocenters. The highest BCUT2D eigenvalue weighted by molar-refractivity contribution is 6.37. The van der Waals surface area contributed by atoms with Crippen molar-refractivity contribution in [3.05, 3.63) is 105 Å². The quantitative estimate of drug-likeness (QED) is 0.528. The maximum atomic E-state index is 10.9. The first kappa shape index (κ1) is 19.3. The summed E-state index contributed by atoms with van der Waals surface area (Å²) < 4.78 is 0. The Morgan fingerprint density at radius 1 is 1.07 bits per heavy atom. The zero-order valence-corrected chi connectivity index (χ0v) is 16.2. The van der Waals surface area contributed by atoms with Gasteiger partial charge in [-0.1, -0.05) is 59.1 Å². The highest BCUT2D eigenvalue weighted by Gasteiger charge is 2.21. The summed E-state index contributed by atoms with van der Waals surface area (Å²) >= 11 is 12.3. The van der Waals surface area contributed by atoms with Gasteiger partial charge in [0.15, 0.2) is 0 Å². The summed E-state index contributed by atoms with van der Waals surface area (Å²) in [5.41, 5.74) is 3.49. The Kier molecular flexibility index (Phi) is 6.07. The summed E-state index contributed by atoms with van der Waals surface area (Å²) in [6.45, 7) is 2.01. The molecule has 0 spiro atoms. The van der Waals surface area contributed by atoms with E-state index in [9.17, 15) is 5.11 Å². The summed E-state index contributed by atoms with van der Waals surface area (Å²) in [5.74, 6) is 0. The van der Waals surface area contributed by atoms with E-state index in [0.717, 1.165) is 11.1 Å². The number of rotatable bonds is 5. The molecule has 0 saturated heterocycles. The van der Waals surface area contributed by atoms with Gasteiger partial charge in [0.05, 0.1) is 16.4 Å². The first-order valence-corrected chi connectivity index (χ1v) is 9.13. The SMILES string of the molecule is Cc1ccc(C=C(C(=N)c2ccc(Cl)cc2Cl)C(O)c2ccccn2)cc1. The van der Waals surface area contributed by atoms with Gasteiger partial charge in [-0.3, -0.25) is 10.4 Å². The van der Waals surface area contributed by atoms with Crippen LogP contribution in [0.25, 0.3) is 6.08 Å². The molecule has 0 saturated carbocycles. The van der Waals surface area contributed by atoms with E-state index in [2.05, 4.69) is 4.98 Å². The number of aliphatic hydroxyl groups is 1. The van der Waals surface area contributed by atoms with Crippen LogP contribution in [-0.4, -0.2) is 15.8 Å². The summed E-state index contributed by atoms with van der Waals surface area (Å²) in [5, 5.41) is 20.5. The molecule has 0 radical (unpaired) electrons. The smallest absolute Gasteiger partial charge is 0.123 e. The molecule has 0 aliphatic rings. The van der Waals surface area contributed by atoms with Crippen LogP contribution in [0.5, 0.6) is 0 Å². The normalized spacial score (nSPS) is 12.7. The van der Waals surface area contributed by atoms with Crippen molar-refractivity contribution in [2.24, 2.45) is 0 Å². The van der Waals surface area contributed by atoms with Crippen molar-refractivity contribution < 1.29 is 5.11 Å².